The molecular formula is C29H26BrN5O. The maximum absolute atomic E-state index is 13.5. The molecule has 2 aliphatic rings. The van der Waals surface area contributed by atoms with Crippen LogP contribution < -0.4 is 5.32 Å². The lowest BCUT2D eigenvalue weighted by atomic mass is 9.80. The largest absolute Gasteiger partial charge is 0.323 e. The van der Waals surface area contributed by atoms with Gasteiger partial charge in [-0.3, -0.25) is 9.89 Å². The molecule has 2 fully saturated rings. The maximum Gasteiger partial charge on any atom is 0.145 e. The van der Waals surface area contributed by atoms with Gasteiger partial charge in [0.2, 0.25) is 0 Å². The fraction of sp³-hybridized carbons (Fsp3) is 0.276. The van der Waals surface area contributed by atoms with Crippen molar-refractivity contribution in [1.82, 2.24) is 25.1 Å². The fourth-order valence-electron chi connectivity index (χ4n) is 5.68. The zero-order chi connectivity index (χ0) is 24.3. The second kappa shape index (κ2) is 8.39. The van der Waals surface area contributed by atoms with Gasteiger partial charge in [0, 0.05) is 34.4 Å². The van der Waals surface area contributed by atoms with Gasteiger partial charge >= 0.3 is 0 Å². The van der Waals surface area contributed by atoms with Gasteiger partial charge in [-0.05, 0) is 77.1 Å². The predicted octanol–water partition coefficient (Wildman–Crippen LogP) is 5.97. The first-order valence-corrected chi connectivity index (χ1v) is 13.3. The Labute approximate surface area is 217 Å². The van der Waals surface area contributed by atoms with Crippen LogP contribution in [0.5, 0.6) is 0 Å². The van der Waals surface area contributed by atoms with E-state index in [1.807, 2.05) is 18.3 Å². The summed E-state index contributed by atoms with van der Waals surface area (Å²) in [5, 5.41) is 11.7. The van der Waals surface area contributed by atoms with Crippen LogP contribution in [0.25, 0.3) is 44.5 Å². The van der Waals surface area contributed by atoms with E-state index >= 15 is 0 Å². The van der Waals surface area contributed by atoms with E-state index in [9.17, 15) is 4.79 Å². The normalized spacial score (nSPS) is 19.9. The molecule has 1 saturated heterocycles. The fourth-order valence-corrected chi connectivity index (χ4v) is 6.12. The second-order valence-electron chi connectivity index (χ2n) is 10.2. The SMILES string of the molecule is O=C(C1CC1)[C@@]1(Cn2c(-c3ccc(-c4ccc5[nH]ncc5c4)cc3)nc3c(Br)cccc32)CCNC1. The number of imidazole rings is 1. The minimum atomic E-state index is -0.369. The van der Waals surface area contributed by atoms with Crippen molar-refractivity contribution in [1.29, 1.82) is 0 Å². The van der Waals surface area contributed by atoms with Crippen molar-refractivity contribution < 1.29 is 4.79 Å². The molecule has 2 N–H and O–H groups in total. The first-order chi connectivity index (χ1) is 17.6. The molecular weight excluding hydrogens is 514 g/mol. The van der Waals surface area contributed by atoms with Crippen molar-refractivity contribution in [3.05, 3.63) is 71.3 Å². The van der Waals surface area contributed by atoms with Gasteiger partial charge in [0.15, 0.2) is 0 Å². The number of halogens is 1. The van der Waals surface area contributed by atoms with Gasteiger partial charge in [0.1, 0.15) is 17.1 Å². The summed E-state index contributed by atoms with van der Waals surface area (Å²) in [4.78, 5) is 18.6. The Balaban J connectivity index is 1.31. The summed E-state index contributed by atoms with van der Waals surface area (Å²) >= 11 is 3.70. The van der Waals surface area contributed by atoms with E-state index in [4.69, 9.17) is 4.98 Å². The molecule has 6 nitrogen and oxygen atoms in total. The summed E-state index contributed by atoms with van der Waals surface area (Å²) in [5.74, 6) is 1.57. The quantitative estimate of drug-likeness (QED) is 0.279. The zero-order valence-corrected chi connectivity index (χ0v) is 21.4. The van der Waals surface area contributed by atoms with E-state index in [1.54, 1.807) is 0 Å². The summed E-state index contributed by atoms with van der Waals surface area (Å²) in [6.45, 7) is 2.28. The summed E-state index contributed by atoms with van der Waals surface area (Å²) in [5.41, 5.74) is 6.00. The molecule has 0 unspecified atom stereocenters. The number of fused-ring (bicyclic) bond motifs is 2. The molecule has 0 radical (unpaired) electrons. The standard InChI is InChI=1S/C29H26BrN5O/c30-23-2-1-3-25-26(23)33-28(35(25)17-29(12-13-31-16-29)27(36)19-6-7-19)20-8-4-18(5-9-20)21-10-11-24-22(14-21)15-32-34-24/h1-5,8-11,14-15,19,31H,6-7,12-13,16-17H2,(H,32,34)/t29-/m0/s1. The molecule has 1 aliphatic heterocycles. The van der Waals surface area contributed by atoms with Crippen LogP contribution >= 0.6 is 15.9 Å². The van der Waals surface area contributed by atoms with Crippen LogP contribution in [0.4, 0.5) is 0 Å². The van der Waals surface area contributed by atoms with Crippen molar-refractivity contribution in [3.63, 3.8) is 0 Å². The van der Waals surface area contributed by atoms with Crippen molar-refractivity contribution in [3.8, 4) is 22.5 Å². The molecule has 7 heteroatoms. The molecule has 3 heterocycles. The van der Waals surface area contributed by atoms with Gasteiger partial charge in [-0.15, -0.1) is 0 Å². The Kier molecular flexibility index (Phi) is 5.11. The first kappa shape index (κ1) is 21.9. The van der Waals surface area contributed by atoms with Gasteiger partial charge < -0.3 is 9.88 Å². The monoisotopic (exact) mass is 539 g/mol. The number of hydrogen-bond acceptors (Lipinski definition) is 4. The molecule has 5 aromatic rings. The zero-order valence-electron chi connectivity index (χ0n) is 19.8. The van der Waals surface area contributed by atoms with Crippen LogP contribution in [0.2, 0.25) is 0 Å². The Bertz CT molecular complexity index is 1610. The third-order valence-corrected chi connectivity index (χ3v) is 8.46. The molecule has 3 aromatic carbocycles. The minimum absolute atomic E-state index is 0.238. The molecule has 0 amide bonds. The number of nitrogens with zero attached hydrogens (tertiary/aromatic N) is 3. The molecule has 180 valence electrons. The number of rotatable bonds is 6. The van der Waals surface area contributed by atoms with Crippen LogP contribution in [0.3, 0.4) is 0 Å². The van der Waals surface area contributed by atoms with E-state index in [1.165, 1.54) is 0 Å². The smallest absolute Gasteiger partial charge is 0.145 e. The average molecular weight is 540 g/mol. The number of carbonyl (C=O) groups is 1. The first-order valence-electron chi connectivity index (χ1n) is 12.6. The van der Waals surface area contributed by atoms with Gasteiger partial charge in [0.25, 0.3) is 0 Å². The van der Waals surface area contributed by atoms with E-state index in [0.717, 1.165) is 81.3 Å². The number of para-hydroxylation sites is 1. The van der Waals surface area contributed by atoms with Crippen molar-refractivity contribution in [2.45, 2.75) is 25.8 Å². The van der Waals surface area contributed by atoms with Crippen LogP contribution in [-0.2, 0) is 11.3 Å². The van der Waals surface area contributed by atoms with Gasteiger partial charge in [-0.2, -0.15) is 5.10 Å². The van der Waals surface area contributed by atoms with Gasteiger partial charge in [-0.1, -0.05) is 36.4 Å². The van der Waals surface area contributed by atoms with Crippen LogP contribution in [0, 0.1) is 11.3 Å². The van der Waals surface area contributed by atoms with Gasteiger partial charge in [0.05, 0.1) is 22.6 Å². The highest BCUT2D eigenvalue weighted by molar-refractivity contribution is 9.10. The van der Waals surface area contributed by atoms with E-state index in [0.29, 0.717) is 12.3 Å². The summed E-state index contributed by atoms with van der Waals surface area (Å²) in [7, 11) is 0. The number of benzene rings is 3. The number of nitrogens with one attached hydrogen (secondary N) is 2. The van der Waals surface area contributed by atoms with E-state index in [2.05, 4.69) is 84.5 Å². The molecule has 2 aromatic heterocycles. The summed E-state index contributed by atoms with van der Waals surface area (Å²) < 4.78 is 3.25. The van der Waals surface area contributed by atoms with E-state index < -0.39 is 0 Å². The predicted molar refractivity (Wildman–Crippen MR) is 146 cm³/mol. The van der Waals surface area contributed by atoms with Crippen molar-refractivity contribution >= 4 is 43.6 Å². The van der Waals surface area contributed by atoms with E-state index in [-0.39, 0.29) is 11.3 Å². The number of carbonyl (C=O) groups excluding carboxylic acids is 1. The third-order valence-electron chi connectivity index (χ3n) is 7.82. The minimum Gasteiger partial charge on any atom is -0.323 e. The van der Waals surface area contributed by atoms with Crippen LogP contribution in [0.15, 0.2) is 71.3 Å². The number of hydrogen-bond donors (Lipinski definition) is 2. The third kappa shape index (κ3) is 3.61. The molecule has 1 atom stereocenters. The second-order valence-corrected chi connectivity index (χ2v) is 11.1. The molecule has 1 saturated carbocycles. The van der Waals surface area contributed by atoms with Gasteiger partial charge in [-0.25, -0.2) is 4.98 Å². The Hall–Kier alpha value is -3.29. The molecule has 7 rings (SSSR count). The number of aromatic nitrogens is 4. The Morgan fingerprint density at radius 3 is 2.64 bits per heavy atom. The Morgan fingerprint density at radius 1 is 1.06 bits per heavy atom. The Morgan fingerprint density at radius 2 is 1.86 bits per heavy atom. The van der Waals surface area contributed by atoms with Crippen molar-refractivity contribution in [2.75, 3.05) is 13.1 Å². The number of Topliss-reactive ketones (excluding diaryl/α,β-unsaturated/α-hetero) is 1. The molecule has 1 aliphatic carbocycles. The topological polar surface area (TPSA) is 75.6 Å². The highest BCUT2D eigenvalue weighted by atomic mass is 79.9. The lowest BCUT2D eigenvalue weighted by molar-refractivity contribution is -0.129. The highest BCUT2D eigenvalue weighted by Crippen LogP contribution is 2.43. The lowest BCUT2D eigenvalue weighted by Gasteiger charge is -2.28. The lowest BCUT2D eigenvalue weighted by Crippen LogP contribution is -2.39. The number of ketones is 1. The van der Waals surface area contributed by atoms with Crippen LogP contribution in [-0.4, -0.2) is 38.6 Å². The average Bonchev–Trinajstić information content (AvgIpc) is 3.29. The highest BCUT2D eigenvalue weighted by Gasteiger charge is 2.48. The number of H-pyrrole nitrogens is 1. The maximum atomic E-state index is 13.5. The molecule has 36 heavy (non-hydrogen) atoms. The van der Waals surface area contributed by atoms with Crippen molar-refractivity contribution in [2.24, 2.45) is 11.3 Å². The summed E-state index contributed by atoms with van der Waals surface area (Å²) in [6, 6.07) is 21.1. The molecule has 0 bridgehead atoms. The number of aromatic amines is 1. The van der Waals surface area contributed by atoms with Crippen LogP contribution in [0.1, 0.15) is 19.3 Å². The molecule has 0 spiro atoms. The summed E-state index contributed by atoms with van der Waals surface area (Å²) in [6.07, 6.45) is 4.81.